The first-order chi connectivity index (χ1) is 10.8. The van der Waals surface area contributed by atoms with Gasteiger partial charge in [-0.25, -0.2) is 0 Å². The quantitative estimate of drug-likeness (QED) is 0.616. The monoisotopic (exact) mass is 291 g/mol. The fraction of sp³-hybridized carbons (Fsp3) is 0.350. The van der Waals surface area contributed by atoms with Crippen LogP contribution in [0.1, 0.15) is 30.5 Å². The maximum absolute atomic E-state index is 3.96. The van der Waals surface area contributed by atoms with Gasteiger partial charge >= 0.3 is 0 Å². The summed E-state index contributed by atoms with van der Waals surface area (Å²) in [5, 5.41) is 1.34. The van der Waals surface area contributed by atoms with Gasteiger partial charge < -0.3 is 4.90 Å². The van der Waals surface area contributed by atoms with E-state index in [9.17, 15) is 0 Å². The van der Waals surface area contributed by atoms with Crippen molar-refractivity contribution in [3.05, 3.63) is 60.4 Å². The van der Waals surface area contributed by atoms with Crippen LogP contribution in [0.5, 0.6) is 0 Å². The Morgan fingerprint density at radius 3 is 2.91 bits per heavy atom. The molecule has 2 aliphatic rings. The van der Waals surface area contributed by atoms with E-state index < -0.39 is 0 Å². The topological polar surface area (TPSA) is 7.12 Å². The van der Waals surface area contributed by atoms with Gasteiger partial charge in [0, 0.05) is 41.9 Å². The lowest BCUT2D eigenvalue weighted by molar-refractivity contribution is -0.663. The van der Waals surface area contributed by atoms with Crippen LogP contribution in [-0.4, -0.2) is 17.5 Å². The zero-order valence-corrected chi connectivity index (χ0v) is 13.3. The van der Waals surface area contributed by atoms with Gasteiger partial charge in [0.05, 0.1) is 0 Å². The van der Waals surface area contributed by atoms with Crippen LogP contribution in [0.15, 0.2) is 49.2 Å². The summed E-state index contributed by atoms with van der Waals surface area (Å²) in [4.78, 5) is 2.52. The minimum atomic E-state index is 0.804. The van der Waals surface area contributed by atoms with E-state index in [2.05, 4.69) is 59.5 Å². The molecule has 0 bridgehead atoms. The molecule has 1 unspecified atom stereocenters. The van der Waals surface area contributed by atoms with Gasteiger partial charge in [0.15, 0.2) is 6.54 Å². The number of hydrogen-bond donors (Lipinski definition) is 0. The van der Waals surface area contributed by atoms with Crippen molar-refractivity contribution in [2.45, 2.75) is 38.8 Å². The lowest BCUT2D eigenvalue weighted by atomic mass is 9.90. The summed E-state index contributed by atoms with van der Waals surface area (Å²) in [7, 11) is 0. The molecule has 1 aromatic heterocycles. The number of hydrogen-bond acceptors (Lipinski definition) is 1. The maximum atomic E-state index is 3.96. The van der Waals surface area contributed by atoms with Gasteiger partial charge in [-0.2, -0.15) is 4.57 Å². The summed E-state index contributed by atoms with van der Waals surface area (Å²) in [6.45, 7) is 8.26. The Bertz CT molecular complexity index is 773. The number of pyridine rings is 1. The Kier molecular flexibility index (Phi) is 3.25. The van der Waals surface area contributed by atoms with Crippen LogP contribution in [0.3, 0.4) is 0 Å². The number of para-hydroxylation sites is 1. The van der Waals surface area contributed by atoms with Crippen molar-refractivity contribution in [1.29, 1.82) is 0 Å². The Labute approximate surface area is 132 Å². The van der Waals surface area contributed by atoms with Gasteiger partial charge in [-0.1, -0.05) is 18.7 Å². The van der Waals surface area contributed by atoms with E-state index >= 15 is 0 Å². The Morgan fingerprint density at radius 2 is 2.18 bits per heavy atom. The van der Waals surface area contributed by atoms with Crippen molar-refractivity contribution >= 4 is 16.5 Å². The van der Waals surface area contributed by atoms with E-state index in [0.29, 0.717) is 0 Å². The summed E-state index contributed by atoms with van der Waals surface area (Å²) < 4.78 is 2.42. The third-order valence-electron chi connectivity index (χ3n) is 5.16. The third-order valence-corrected chi connectivity index (χ3v) is 5.16. The number of rotatable bonds is 3. The largest absolute Gasteiger partial charge is 0.374 e. The van der Waals surface area contributed by atoms with Crippen molar-refractivity contribution in [1.82, 2.24) is 4.90 Å². The van der Waals surface area contributed by atoms with E-state index in [4.69, 9.17) is 0 Å². The third kappa shape index (κ3) is 2.06. The maximum Gasteiger partial charge on any atom is 0.213 e. The molecule has 0 spiro atoms. The highest BCUT2D eigenvalue weighted by molar-refractivity contribution is 5.81. The van der Waals surface area contributed by atoms with E-state index in [1.54, 1.807) is 0 Å². The molecular weight excluding hydrogens is 268 g/mol. The van der Waals surface area contributed by atoms with E-state index in [-0.39, 0.29) is 0 Å². The van der Waals surface area contributed by atoms with E-state index in [1.165, 1.54) is 53.5 Å². The van der Waals surface area contributed by atoms with Crippen LogP contribution in [0.2, 0.25) is 0 Å². The SMILES string of the molecule is C=CC[n+]1c(C2=CN3CCC3CC2)cc(C)c2ccccc21. The minimum Gasteiger partial charge on any atom is -0.374 e. The van der Waals surface area contributed by atoms with Gasteiger partial charge in [0.2, 0.25) is 11.2 Å². The van der Waals surface area contributed by atoms with Crippen LogP contribution < -0.4 is 4.57 Å². The first-order valence-electron chi connectivity index (χ1n) is 8.28. The van der Waals surface area contributed by atoms with Gasteiger partial charge in [-0.15, -0.1) is 0 Å². The standard InChI is InChI=1S/C20H23N2/c1-3-11-22-19-7-5-4-6-18(19)15(2)13-20(22)16-8-9-17-10-12-21(17)14-16/h3-7,13-14,17H,1,8-12H2,2H3/q+1. The molecule has 0 saturated carbocycles. The highest BCUT2D eigenvalue weighted by Gasteiger charge is 2.32. The molecule has 0 N–H and O–H groups in total. The second kappa shape index (κ2) is 5.28. The highest BCUT2D eigenvalue weighted by Crippen LogP contribution is 2.34. The number of aromatic nitrogens is 1. The zero-order chi connectivity index (χ0) is 15.1. The van der Waals surface area contributed by atoms with Gasteiger partial charge in [-0.3, -0.25) is 0 Å². The van der Waals surface area contributed by atoms with Crippen LogP contribution in [0.4, 0.5) is 0 Å². The van der Waals surface area contributed by atoms with Crippen molar-refractivity contribution in [2.75, 3.05) is 6.54 Å². The van der Waals surface area contributed by atoms with Crippen molar-refractivity contribution < 1.29 is 4.57 Å². The van der Waals surface area contributed by atoms with Crippen LogP contribution in [0, 0.1) is 6.92 Å². The normalized spacial score (nSPS) is 20.3. The van der Waals surface area contributed by atoms with Crippen molar-refractivity contribution in [2.24, 2.45) is 0 Å². The Morgan fingerprint density at radius 1 is 1.32 bits per heavy atom. The number of aryl methyl sites for hydroxylation is 1. The smallest absolute Gasteiger partial charge is 0.213 e. The first kappa shape index (κ1) is 13.6. The van der Waals surface area contributed by atoms with Gasteiger partial charge in [-0.05, 0) is 43.9 Å². The molecule has 2 heteroatoms. The zero-order valence-electron chi connectivity index (χ0n) is 13.3. The van der Waals surface area contributed by atoms with Crippen molar-refractivity contribution in [3.63, 3.8) is 0 Å². The summed E-state index contributed by atoms with van der Waals surface area (Å²) in [6.07, 6.45) is 8.26. The second-order valence-electron chi connectivity index (χ2n) is 6.50. The lowest BCUT2D eigenvalue weighted by Crippen LogP contribution is -2.47. The van der Waals surface area contributed by atoms with Gasteiger partial charge in [0.1, 0.15) is 0 Å². The number of fused-ring (bicyclic) bond motifs is 2. The molecule has 1 atom stereocenters. The summed E-state index contributed by atoms with van der Waals surface area (Å²) in [5.41, 5.74) is 5.51. The predicted octanol–water partition coefficient (Wildman–Crippen LogP) is 3.83. The minimum absolute atomic E-state index is 0.804. The molecule has 2 nitrogen and oxygen atoms in total. The summed E-state index contributed by atoms with van der Waals surface area (Å²) >= 11 is 0. The Hall–Kier alpha value is -2.09. The molecule has 0 amide bonds. The average molecular weight is 291 g/mol. The molecule has 22 heavy (non-hydrogen) atoms. The molecule has 1 fully saturated rings. The fourth-order valence-corrected chi connectivity index (χ4v) is 3.85. The van der Waals surface area contributed by atoms with Crippen molar-refractivity contribution in [3.8, 4) is 0 Å². The fourth-order valence-electron chi connectivity index (χ4n) is 3.85. The highest BCUT2D eigenvalue weighted by atomic mass is 15.2. The van der Waals surface area contributed by atoms with E-state index in [0.717, 1.165) is 12.6 Å². The van der Waals surface area contributed by atoms with Crippen LogP contribution in [0.25, 0.3) is 16.5 Å². The van der Waals surface area contributed by atoms with Gasteiger partial charge in [0.25, 0.3) is 0 Å². The number of benzene rings is 1. The second-order valence-corrected chi connectivity index (χ2v) is 6.50. The summed E-state index contributed by atoms with van der Waals surface area (Å²) in [6, 6.07) is 11.9. The predicted molar refractivity (Wildman–Crippen MR) is 91.4 cm³/mol. The van der Waals surface area contributed by atoms with E-state index in [1.807, 2.05) is 6.08 Å². The molecule has 0 aliphatic carbocycles. The van der Waals surface area contributed by atoms with Crippen LogP contribution >= 0.6 is 0 Å². The summed E-state index contributed by atoms with van der Waals surface area (Å²) in [5.74, 6) is 0. The molecule has 1 aromatic carbocycles. The molecule has 2 aromatic rings. The lowest BCUT2D eigenvalue weighted by Gasteiger charge is -2.43. The number of nitrogens with zero attached hydrogens (tertiary/aromatic N) is 2. The average Bonchev–Trinajstić information content (AvgIpc) is 2.51. The molecule has 112 valence electrons. The molecule has 3 heterocycles. The molecule has 4 rings (SSSR count). The van der Waals surface area contributed by atoms with Crippen LogP contribution in [-0.2, 0) is 6.54 Å². The molecule has 0 radical (unpaired) electrons. The molecule has 1 saturated heterocycles. The Balaban J connectivity index is 1.91. The first-order valence-corrected chi connectivity index (χ1v) is 8.28. The molecule has 2 aliphatic heterocycles. The number of allylic oxidation sites excluding steroid dienone is 2. The molecular formula is C20H23N2+.